The monoisotopic (exact) mass is 568 g/mol. The normalized spacial score (nSPS) is 14.7. The van der Waals surface area contributed by atoms with E-state index in [0.29, 0.717) is 12.6 Å². The van der Waals surface area contributed by atoms with E-state index in [1.54, 1.807) is 13.4 Å². The number of carbonyl (C=O) groups excluding carboxylic acids is 1. The number of halogens is 1. The summed E-state index contributed by atoms with van der Waals surface area (Å²) in [5, 5.41) is 7.05. The van der Waals surface area contributed by atoms with Crippen LogP contribution < -0.4 is 15.4 Å². The SMILES string of the molecule is COc1ccc(CCNC(=NCCc2ccco2)NC2CCN(C(=O)C(C)C)CC2)cc1.I. The van der Waals surface area contributed by atoms with Crippen molar-refractivity contribution in [1.29, 1.82) is 0 Å². The number of methoxy groups -OCH3 is 1. The first-order valence-electron chi connectivity index (χ1n) is 11.5. The number of nitrogens with one attached hydrogen (secondary N) is 2. The Morgan fingerprint density at radius 2 is 1.91 bits per heavy atom. The van der Waals surface area contributed by atoms with Crippen molar-refractivity contribution < 1.29 is 13.9 Å². The summed E-state index contributed by atoms with van der Waals surface area (Å²) >= 11 is 0. The van der Waals surface area contributed by atoms with E-state index < -0.39 is 0 Å². The quantitative estimate of drug-likeness (QED) is 0.273. The van der Waals surface area contributed by atoms with Crippen LogP contribution >= 0.6 is 24.0 Å². The molecule has 1 fully saturated rings. The minimum Gasteiger partial charge on any atom is -0.497 e. The van der Waals surface area contributed by atoms with E-state index in [0.717, 1.165) is 62.8 Å². The lowest BCUT2D eigenvalue weighted by atomic mass is 10.0. The van der Waals surface area contributed by atoms with Gasteiger partial charge in [-0.25, -0.2) is 0 Å². The van der Waals surface area contributed by atoms with Crippen LogP contribution in [0.1, 0.15) is 38.0 Å². The van der Waals surface area contributed by atoms with Gasteiger partial charge in [0.2, 0.25) is 5.91 Å². The third kappa shape index (κ3) is 8.91. The lowest BCUT2D eigenvalue weighted by molar-refractivity contribution is -0.135. The first-order valence-corrected chi connectivity index (χ1v) is 11.5. The number of ether oxygens (including phenoxy) is 1. The Hall–Kier alpha value is -2.23. The molecule has 2 aromatic rings. The van der Waals surface area contributed by atoms with Gasteiger partial charge >= 0.3 is 0 Å². The Morgan fingerprint density at radius 3 is 2.52 bits per heavy atom. The molecule has 1 amide bonds. The van der Waals surface area contributed by atoms with E-state index in [-0.39, 0.29) is 35.8 Å². The maximum atomic E-state index is 12.2. The van der Waals surface area contributed by atoms with Crippen LogP contribution in [0, 0.1) is 5.92 Å². The predicted molar refractivity (Wildman–Crippen MR) is 142 cm³/mol. The first kappa shape index (κ1) is 27.0. The van der Waals surface area contributed by atoms with Crippen LogP contribution in [0.4, 0.5) is 0 Å². The fraction of sp³-hybridized carbons (Fsp3) is 0.520. The van der Waals surface area contributed by atoms with Crippen molar-refractivity contribution in [2.24, 2.45) is 10.9 Å². The van der Waals surface area contributed by atoms with Crippen molar-refractivity contribution in [3.8, 4) is 5.75 Å². The molecule has 0 saturated carbocycles. The second-order valence-corrected chi connectivity index (χ2v) is 8.48. The lowest BCUT2D eigenvalue weighted by Crippen LogP contribution is -2.50. The predicted octanol–water partition coefficient (Wildman–Crippen LogP) is 3.87. The van der Waals surface area contributed by atoms with Gasteiger partial charge in [-0.15, -0.1) is 24.0 Å². The summed E-state index contributed by atoms with van der Waals surface area (Å²) in [4.78, 5) is 19.0. The molecule has 1 aromatic carbocycles. The van der Waals surface area contributed by atoms with Crippen molar-refractivity contribution in [2.45, 2.75) is 45.6 Å². The van der Waals surface area contributed by atoms with Gasteiger partial charge in [0, 0.05) is 44.6 Å². The van der Waals surface area contributed by atoms with Gasteiger partial charge in [-0.2, -0.15) is 0 Å². The number of benzene rings is 1. The largest absolute Gasteiger partial charge is 0.497 e. The van der Waals surface area contributed by atoms with Crippen molar-refractivity contribution in [3.05, 3.63) is 54.0 Å². The highest BCUT2D eigenvalue weighted by molar-refractivity contribution is 14.0. The number of nitrogens with zero attached hydrogens (tertiary/aromatic N) is 2. The molecule has 0 spiro atoms. The maximum Gasteiger partial charge on any atom is 0.225 e. The molecule has 0 unspecified atom stereocenters. The standard InChI is InChI=1S/C25H36N4O3.HI/c1-19(2)24(30)29-16-12-21(13-17-29)28-25(27-15-11-23-5-4-18-32-23)26-14-10-20-6-8-22(31-3)9-7-20;/h4-9,18-19,21H,10-17H2,1-3H3,(H2,26,27,28);1H. The van der Waals surface area contributed by atoms with Crippen molar-refractivity contribution >= 4 is 35.8 Å². The van der Waals surface area contributed by atoms with Gasteiger partial charge in [0.25, 0.3) is 0 Å². The minimum absolute atomic E-state index is 0. The molecular weight excluding hydrogens is 531 g/mol. The highest BCUT2D eigenvalue weighted by Gasteiger charge is 2.24. The fourth-order valence-electron chi connectivity index (χ4n) is 3.81. The molecule has 1 aliphatic heterocycles. The summed E-state index contributed by atoms with van der Waals surface area (Å²) in [6, 6.07) is 12.3. The van der Waals surface area contributed by atoms with E-state index in [2.05, 4.69) is 22.8 Å². The van der Waals surface area contributed by atoms with Crippen molar-refractivity contribution in [2.75, 3.05) is 33.3 Å². The van der Waals surface area contributed by atoms with E-state index in [9.17, 15) is 4.79 Å². The number of amides is 1. The van der Waals surface area contributed by atoms with Crippen molar-refractivity contribution in [3.63, 3.8) is 0 Å². The molecule has 0 radical (unpaired) electrons. The number of aliphatic imine (C=N–C) groups is 1. The number of furan rings is 1. The van der Waals surface area contributed by atoms with Gasteiger partial charge < -0.3 is 24.7 Å². The van der Waals surface area contributed by atoms with E-state index >= 15 is 0 Å². The maximum absolute atomic E-state index is 12.2. The Bertz CT molecular complexity index is 845. The summed E-state index contributed by atoms with van der Waals surface area (Å²) in [5.74, 6) is 2.92. The van der Waals surface area contributed by atoms with Gasteiger partial charge in [-0.05, 0) is 49.1 Å². The third-order valence-corrected chi connectivity index (χ3v) is 5.71. The van der Waals surface area contributed by atoms with Gasteiger partial charge in [-0.3, -0.25) is 9.79 Å². The van der Waals surface area contributed by atoms with Gasteiger partial charge in [0.1, 0.15) is 11.5 Å². The zero-order valence-electron chi connectivity index (χ0n) is 19.9. The molecule has 0 aliphatic carbocycles. The highest BCUT2D eigenvalue weighted by Crippen LogP contribution is 2.14. The summed E-state index contributed by atoms with van der Waals surface area (Å²) < 4.78 is 10.6. The fourth-order valence-corrected chi connectivity index (χ4v) is 3.81. The minimum atomic E-state index is 0. The van der Waals surface area contributed by atoms with Crippen LogP contribution in [0.2, 0.25) is 0 Å². The summed E-state index contributed by atoms with van der Waals surface area (Å²) in [7, 11) is 1.68. The number of hydrogen-bond donors (Lipinski definition) is 2. The van der Waals surface area contributed by atoms with Gasteiger partial charge in [0.05, 0.1) is 13.4 Å². The molecule has 7 nitrogen and oxygen atoms in total. The van der Waals surface area contributed by atoms with Crippen LogP contribution in [0.5, 0.6) is 5.75 Å². The molecular formula is C25H37IN4O3. The molecule has 0 bridgehead atoms. The topological polar surface area (TPSA) is 79.1 Å². The Balaban J connectivity index is 0.00000385. The number of rotatable bonds is 9. The molecule has 1 saturated heterocycles. The molecule has 2 heterocycles. The van der Waals surface area contributed by atoms with E-state index in [1.807, 2.05) is 43.0 Å². The Morgan fingerprint density at radius 1 is 1.18 bits per heavy atom. The Kier molecular flexibility index (Phi) is 11.6. The average molecular weight is 569 g/mol. The van der Waals surface area contributed by atoms with Gasteiger partial charge in [-0.1, -0.05) is 26.0 Å². The van der Waals surface area contributed by atoms with Crippen LogP contribution in [0.25, 0.3) is 0 Å². The van der Waals surface area contributed by atoms with E-state index in [1.165, 1.54) is 5.56 Å². The molecule has 1 aromatic heterocycles. The molecule has 182 valence electrons. The number of guanidine groups is 1. The first-order chi connectivity index (χ1) is 15.5. The van der Waals surface area contributed by atoms with E-state index in [4.69, 9.17) is 14.1 Å². The average Bonchev–Trinajstić information content (AvgIpc) is 3.33. The molecule has 8 heteroatoms. The van der Waals surface area contributed by atoms with Crippen molar-refractivity contribution in [1.82, 2.24) is 15.5 Å². The summed E-state index contributed by atoms with van der Waals surface area (Å²) in [5.41, 5.74) is 1.24. The van der Waals surface area contributed by atoms with Crippen LogP contribution in [0.15, 0.2) is 52.1 Å². The molecule has 0 atom stereocenters. The summed E-state index contributed by atoms with van der Waals surface area (Å²) in [6.45, 7) is 6.94. The highest BCUT2D eigenvalue weighted by atomic mass is 127. The smallest absolute Gasteiger partial charge is 0.225 e. The molecule has 3 rings (SSSR count). The zero-order chi connectivity index (χ0) is 22.8. The van der Waals surface area contributed by atoms with Crippen LogP contribution in [0.3, 0.4) is 0 Å². The van der Waals surface area contributed by atoms with Crippen LogP contribution in [-0.4, -0.2) is 56.1 Å². The van der Waals surface area contributed by atoms with Gasteiger partial charge in [0.15, 0.2) is 5.96 Å². The molecule has 1 aliphatic rings. The second kappa shape index (κ2) is 14.1. The third-order valence-electron chi connectivity index (χ3n) is 5.71. The summed E-state index contributed by atoms with van der Waals surface area (Å²) in [6.07, 6.45) is 5.20. The zero-order valence-corrected chi connectivity index (χ0v) is 22.2. The lowest BCUT2D eigenvalue weighted by Gasteiger charge is -2.34. The number of hydrogen-bond acceptors (Lipinski definition) is 4. The molecule has 2 N–H and O–H groups in total. The molecule has 33 heavy (non-hydrogen) atoms. The number of likely N-dealkylation sites (tertiary alicyclic amines) is 1. The second-order valence-electron chi connectivity index (χ2n) is 8.48. The van der Waals surface area contributed by atoms with Crippen LogP contribution in [-0.2, 0) is 17.6 Å². The number of piperidine rings is 1. The number of carbonyl (C=O) groups is 1. The Labute approximate surface area is 214 Å².